The van der Waals surface area contributed by atoms with Gasteiger partial charge in [0.25, 0.3) is 0 Å². The van der Waals surface area contributed by atoms with Crippen LogP contribution >= 0.6 is 0 Å². The fourth-order valence-corrected chi connectivity index (χ4v) is 7.71. The first-order valence-corrected chi connectivity index (χ1v) is 16.3. The van der Waals surface area contributed by atoms with Crippen LogP contribution in [0.4, 0.5) is 0 Å². The normalized spacial score (nSPS) is 24.7. The maximum atomic E-state index is 11.6. The monoisotopic (exact) mass is 610 g/mol. The molecule has 0 spiro atoms. The van der Waals surface area contributed by atoms with Crippen molar-refractivity contribution >= 4 is 0 Å². The molecule has 45 heavy (non-hydrogen) atoms. The zero-order chi connectivity index (χ0) is 31.2. The molecule has 7 heteroatoms. The minimum Gasteiger partial charge on any atom is -0.508 e. The molecule has 0 saturated heterocycles. The Morgan fingerprint density at radius 3 is 2.67 bits per heavy atom. The number of hydrogen-bond acceptors (Lipinski definition) is 7. The Bertz CT molecular complexity index is 1660. The Hall–Kier alpha value is -3.86. The Kier molecular flexibility index (Phi) is 8.05. The van der Waals surface area contributed by atoms with Crippen LogP contribution in [0.15, 0.2) is 36.4 Å². The van der Waals surface area contributed by atoms with Crippen LogP contribution in [0.3, 0.4) is 0 Å². The molecule has 7 nitrogen and oxygen atoms in total. The molecule has 5 atom stereocenters. The second kappa shape index (κ2) is 12.2. The fraction of sp³-hybridized carbons (Fsp3) is 0.474. The van der Waals surface area contributed by atoms with Gasteiger partial charge in [-0.2, -0.15) is 0 Å². The Labute approximate surface area is 265 Å². The summed E-state index contributed by atoms with van der Waals surface area (Å²) in [5, 5.41) is 32.1. The van der Waals surface area contributed by atoms with Gasteiger partial charge in [0.15, 0.2) is 11.5 Å². The third kappa shape index (κ3) is 5.60. The van der Waals surface area contributed by atoms with Crippen LogP contribution in [0.5, 0.6) is 28.7 Å². The Morgan fingerprint density at radius 2 is 1.87 bits per heavy atom. The molecule has 5 unspecified atom stereocenters. The zero-order valence-corrected chi connectivity index (χ0v) is 26.3. The molecule has 0 amide bonds. The van der Waals surface area contributed by atoms with Gasteiger partial charge in [-0.3, -0.25) is 0 Å². The van der Waals surface area contributed by atoms with Gasteiger partial charge < -0.3 is 34.3 Å². The maximum absolute atomic E-state index is 11.6. The molecule has 236 valence electrons. The number of aryl methyl sites for hydroxylation is 1. The van der Waals surface area contributed by atoms with Crippen LogP contribution in [0.1, 0.15) is 73.5 Å². The molecule has 2 aliphatic carbocycles. The van der Waals surface area contributed by atoms with Crippen LogP contribution in [-0.4, -0.2) is 41.2 Å². The van der Waals surface area contributed by atoms with E-state index in [1.54, 1.807) is 7.11 Å². The van der Waals surface area contributed by atoms with E-state index in [-0.39, 0.29) is 24.5 Å². The van der Waals surface area contributed by atoms with Gasteiger partial charge in [-0.15, -0.1) is 0 Å². The number of benzene rings is 3. The number of phenolic OH excluding ortho intramolecular Hbond substituents is 1. The van der Waals surface area contributed by atoms with Gasteiger partial charge >= 0.3 is 0 Å². The standard InChI is InChI=1S/C38H42O7/c1-21(2)13-26-15-28-24(16-30(26)40)8-10-27-29-18-31(41)38(45-34(29)19-36(42-3)37(27)28)25-9-11-32-35(17-25)44-33-14-22(20-39)6-7-23(33)5-4-12-43-32/h9,11,15-17,19,21-23,31,33,38-41H,5-8,10,13-14,18,20H2,1-3H3. The van der Waals surface area contributed by atoms with E-state index in [0.29, 0.717) is 36.0 Å². The lowest BCUT2D eigenvalue weighted by Gasteiger charge is -2.36. The highest BCUT2D eigenvalue weighted by Crippen LogP contribution is 2.50. The summed E-state index contributed by atoms with van der Waals surface area (Å²) in [6.45, 7) is 4.46. The molecule has 2 heterocycles. The number of aliphatic hydroxyl groups is 2. The maximum Gasteiger partial charge on any atom is 0.182 e. The van der Waals surface area contributed by atoms with Crippen molar-refractivity contribution in [3.63, 3.8) is 0 Å². The quantitative estimate of drug-likeness (QED) is 0.292. The topological polar surface area (TPSA) is 97.6 Å². The van der Waals surface area contributed by atoms with Gasteiger partial charge in [0.1, 0.15) is 35.6 Å². The summed E-state index contributed by atoms with van der Waals surface area (Å²) in [5.74, 6) is 6.98. The molecule has 3 aromatic rings. The summed E-state index contributed by atoms with van der Waals surface area (Å²) in [7, 11) is 1.68. The predicted molar refractivity (Wildman–Crippen MR) is 171 cm³/mol. The second-order valence-corrected chi connectivity index (χ2v) is 13.5. The SMILES string of the molecule is COc1cc2c(c3c1-c1cc(CC(C)C)c(O)cc1CC3)CC(O)C(c1ccc3c(c1)OC1CC(CO)CCC1CC#CO3)O2. The van der Waals surface area contributed by atoms with Crippen molar-refractivity contribution in [2.45, 2.75) is 83.5 Å². The summed E-state index contributed by atoms with van der Waals surface area (Å²) in [4.78, 5) is 0. The minimum absolute atomic E-state index is 0.0690. The van der Waals surface area contributed by atoms with E-state index in [1.807, 2.05) is 30.3 Å². The smallest absolute Gasteiger partial charge is 0.182 e. The van der Waals surface area contributed by atoms with E-state index < -0.39 is 12.2 Å². The van der Waals surface area contributed by atoms with Crippen molar-refractivity contribution in [3.05, 3.63) is 64.2 Å². The molecule has 3 N–H and O–H groups in total. The number of aliphatic hydroxyl groups excluding tert-OH is 2. The molecule has 1 fully saturated rings. The van der Waals surface area contributed by atoms with Crippen LogP contribution in [0, 0.1) is 29.8 Å². The summed E-state index contributed by atoms with van der Waals surface area (Å²) >= 11 is 0. The van der Waals surface area contributed by atoms with Gasteiger partial charge in [-0.1, -0.05) is 25.8 Å². The van der Waals surface area contributed by atoms with Gasteiger partial charge in [0.2, 0.25) is 0 Å². The van der Waals surface area contributed by atoms with E-state index in [4.69, 9.17) is 18.9 Å². The molecule has 4 aliphatic rings. The summed E-state index contributed by atoms with van der Waals surface area (Å²) in [5.41, 5.74) is 7.11. The first kappa shape index (κ1) is 29.8. The number of phenols is 1. The van der Waals surface area contributed by atoms with E-state index in [2.05, 4.69) is 31.9 Å². The lowest BCUT2D eigenvalue weighted by molar-refractivity contribution is 0.0196. The number of hydrogen-bond donors (Lipinski definition) is 3. The average molecular weight is 611 g/mol. The number of aromatic hydroxyl groups is 1. The van der Waals surface area contributed by atoms with Crippen LogP contribution < -0.4 is 18.9 Å². The molecule has 1 saturated carbocycles. The van der Waals surface area contributed by atoms with Gasteiger partial charge in [-0.05, 0) is 102 Å². The van der Waals surface area contributed by atoms with Crippen molar-refractivity contribution < 1.29 is 34.3 Å². The van der Waals surface area contributed by atoms with E-state index in [9.17, 15) is 15.3 Å². The zero-order valence-electron chi connectivity index (χ0n) is 26.3. The molecule has 0 aromatic heterocycles. The molecule has 2 aliphatic heterocycles. The molecule has 0 radical (unpaired) electrons. The molecular weight excluding hydrogens is 568 g/mol. The van der Waals surface area contributed by atoms with Crippen molar-refractivity contribution in [1.29, 1.82) is 0 Å². The Balaban J connectivity index is 1.22. The van der Waals surface area contributed by atoms with Crippen LogP contribution in [0.2, 0.25) is 0 Å². The number of ether oxygens (including phenoxy) is 4. The largest absolute Gasteiger partial charge is 0.508 e. The van der Waals surface area contributed by atoms with Gasteiger partial charge in [0, 0.05) is 42.6 Å². The predicted octanol–water partition coefficient (Wildman–Crippen LogP) is 6.30. The molecule has 3 aromatic carbocycles. The Morgan fingerprint density at radius 1 is 1.00 bits per heavy atom. The van der Waals surface area contributed by atoms with E-state index >= 15 is 0 Å². The second-order valence-electron chi connectivity index (χ2n) is 13.5. The fourth-order valence-electron chi connectivity index (χ4n) is 7.71. The highest BCUT2D eigenvalue weighted by atomic mass is 16.5. The van der Waals surface area contributed by atoms with Crippen molar-refractivity contribution in [3.8, 4) is 51.9 Å². The number of fused-ring (bicyclic) bond motifs is 7. The average Bonchev–Trinajstić information content (AvgIpc) is 3.12. The highest BCUT2D eigenvalue weighted by Gasteiger charge is 2.37. The number of methoxy groups -OCH3 is 1. The summed E-state index contributed by atoms with van der Waals surface area (Å²) in [6, 6.07) is 11.6. The first-order chi connectivity index (χ1) is 21.8. The van der Waals surface area contributed by atoms with Crippen LogP contribution in [0.25, 0.3) is 11.1 Å². The van der Waals surface area contributed by atoms with Crippen molar-refractivity contribution in [2.24, 2.45) is 17.8 Å². The molecule has 7 rings (SSSR count). The number of rotatable bonds is 5. The third-order valence-corrected chi connectivity index (χ3v) is 10.0. The van der Waals surface area contributed by atoms with Crippen molar-refractivity contribution in [1.82, 2.24) is 0 Å². The molecule has 0 bridgehead atoms. The van der Waals surface area contributed by atoms with E-state index in [1.165, 1.54) is 0 Å². The van der Waals surface area contributed by atoms with Gasteiger partial charge in [-0.25, -0.2) is 0 Å². The van der Waals surface area contributed by atoms with Crippen LogP contribution in [-0.2, 0) is 25.7 Å². The minimum atomic E-state index is -0.774. The molecular formula is C38H42O7. The lowest BCUT2D eigenvalue weighted by Crippen LogP contribution is -2.35. The van der Waals surface area contributed by atoms with Gasteiger partial charge in [0.05, 0.1) is 13.2 Å². The first-order valence-electron chi connectivity index (χ1n) is 16.3. The lowest BCUT2D eigenvalue weighted by atomic mass is 9.78. The van der Waals surface area contributed by atoms with Crippen molar-refractivity contribution in [2.75, 3.05) is 13.7 Å². The van der Waals surface area contributed by atoms with E-state index in [0.717, 1.165) is 89.0 Å². The summed E-state index contributed by atoms with van der Waals surface area (Å²) in [6.07, 6.45) is 7.58. The summed E-state index contributed by atoms with van der Waals surface area (Å²) < 4.78 is 24.9. The third-order valence-electron chi connectivity index (χ3n) is 10.0. The highest BCUT2D eigenvalue weighted by molar-refractivity contribution is 5.82.